The third-order valence-corrected chi connectivity index (χ3v) is 6.13. The molecule has 0 spiro atoms. The predicted molar refractivity (Wildman–Crippen MR) is 146 cm³/mol. The molecule has 0 aliphatic heterocycles. The van der Waals surface area contributed by atoms with Crippen LogP contribution < -0.4 is 5.43 Å². The van der Waals surface area contributed by atoms with Gasteiger partial charge in [0.05, 0.1) is 5.56 Å². The lowest BCUT2D eigenvalue weighted by Crippen LogP contribution is -2.12. The summed E-state index contributed by atoms with van der Waals surface area (Å²) in [5.41, 5.74) is 3.01. The summed E-state index contributed by atoms with van der Waals surface area (Å²) >= 11 is 0. The molecule has 196 valence electrons. The maximum atomic E-state index is 13.8. The highest BCUT2D eigenvalue weighted by Crippen LogP contribution is 2.42. The van der Waals surface area contributed by atoms with Gasteiger partial charge in [0.15, 0.2) is 11.5 Å². The van der Waals surface area contributed by atoms with E-state index in [0.717, 1.165) is 36.1 Å². The van der Waals surface area contributed by atoms with Crippen molar-refractivity contribution in [2.24, 2.45) is 0 Å². The molecule has 37 heavy (non-hydrogen) atoms. The Hall–Kier alpha value is -4.13. The fourth-order valence-electron chi connectivity index (χ4n) is 4.02. The van der Waals surface area contributed by atoms with Crippen molar-refractivity contribution in [3.8, 4) is 40.1 Å². The molecule has 5 N–H and O–H groups in total. The summed E-state index contributed by atoms with van der Waals surface area (Å²) in [4.78, 5) is 13.8. The van der Waals surface area contributed by atoms with Crippen molar-refractivity contribution in [2.45, 2.75) is 60.3 Å². The van der Waals surface area contributed by atoms with E-state index in [9.17, 15) is 30.3 Å². The standard InChI is InChI=1S/C30H34O7/c1-16(2)7-6-8-18(5)10-12-20-29(36)27-26(15-23(32)19(28(27)35)11-9-17(3)4)37-30(20)21-13-24(33)25(34)14-22(21)31/h7,9-10,13-15,31-35H,6,8,11-12H2,1-5H3. The Balaban J connectivity index is 2.27. The molecule has 3 rings (SSSR count). The van der Waals surface area contributed by atoms with Gasteiger partial charge in [-0.1, -0.05) is 34.9 Å². The van der Waals surface area contributed by atoms with Crippen LogP contribution >= 0.6 is 0 Å². The van der Waals surface area contributed by atoms with E-state index in [4.69, 9.17) is 4.42 Å². The van der Waals surface area contributed by atoms with Crippen LogP contribution in [0.3, 0.4) is 0 Å². The van der Waals surface area contributed by atoms with Crippen LogP contribution in [0.1, 0.15) is 58.6 Å². The van der Waals surface area contributed by atoms with Gasteiger partial charge in [-0.15, -0.1) is 0 Å². The second-order valence-electron chi connectivity index (χ2n) is 9.75. The minimum absolute atomic E-state index is 0.00695. The lowest BCUT2D eigenvalue weighted by Gasteiger charge is -2.14. The molecule has 0 atom stereocenters. The van der Waals surface area contributed by atoms with Gasteiger partial charge in [0.1, 0.15) is 34.0 Å². The van der Waals surface area contributed by atoms with Crippen molar-refractivity contribution >= 4 is 11.0 Å². The number of hydrogen-bond acceptors (Lipinski definition) is 7. The summed E-state index contributed by atoms with van der Waals surface area (Å²) < 4.78 is 6.00. The van der Waals surface area contributed by atoms with Gasteiger partial charge in [0, 0.05) is 23.3 Å². The minimum atomic E-state index is -0.528. The van der Waals surface area contributed by atoms with Crippen LogP contribution in [0.5, 0.6) is 28.7 Å². The molecule has 2 aromatic carbocycles. The van der Waals surface area contributed by atoms with E-state index in [2.05, 4.69) is 6.08 Å². The van der Waals surface area contributed by atoms with E-state index < -0.39 is 22.7 Å². The van der Waals surface area contributed by atoms with Gasteiger partial charge in [-0.2, -0.15) is 0 Å². The van der Waals surface area contributed by atoms with Crippen LogP contribution in [0, 0.1) is 0 Å². The summed E-state index contributed by atoms with van der Waals surface area (Å²) in [6.45, 7) is 9.79. The van der Waals surface area contributed by atoms with Crippen molar-refractivity contribution in [1.29, 1.82) is 0 Å². The number of phenolic OH excluding ortho intramolecular Hbond substituents is 5. The molecule has 0 saturated heterocycles. The molecule has 0 aliphatic carbocycles. The van der Waals surface area contributed by atoms with Crippen LogP contribution in [0.2, 0.25) is 0 Å². The van der Waals surface area contributed by atoms with Gasteiger partial charge in [-0.25, -0.2) is 0 Å². The van der Waals surface area contributed by atoms with Crippen LogP contribution in [0.15, 0.2) is 62.4 Å². The molecule has 3 aromatic rings. The highest BCUT2D eigenvalue weighted by molar-refractivity contribution is 5.89. The van der Waals surface area contributed by atoms with Crippen molar-refractivity contribution in [3.63, 3.8) is 0 Å². The van der Waals surface area contributed by atoms with E-state index in [-0.39, 0.29) is 57.8 Å². The summed E-state index contributed by atoms with van der Waals surface area (Å²) in [7, 11) is 0. The second kappa shape index (κ2) is 11.3. The first-order valence-corrected chi connectivity index (χ1v) is 12.1. The van der Waals surface area contributed by atoms with Gasteiger partial charge in [0.25, 0.3) is 0 Å². The van der Waals surface area contributed by atoms with Gasteiger partial charge in [-0.05, 0) is 66.4 Å². The zero-order valence-electron chi connectivity index (χ0n) is 21.8. The number of fused-ring (bicyclic) bond motifs is 1. The Labute approximate surface area is 216 Å². The first kappa shape index (κ1) is 27.5. The summed E-state index contributed by atoms with van der Waals surface area (Å²) in [5, 5.41) is 51.8. The minimum Gasteiger partial charge on any atom is -0.507 e. The van der Waals surface area contributed by atoms with Gasteiger partial charge in [0.2, 0.25) is 5.43 Å². The fourth-order valence-corrected chi connectivity index (χ4v) is 4.02. The number of allylic oxidation sites excluding steroid dienone is 6. The molecular formula is C30H34O7. The molecule has 0 amide bonds. The first-order chi connectivity index (χ1) is 17.4. The van der Waals surface area contributed by atoms with Crippen LogP contribution in [-0.4, -0.2) is 25.5 Å². The largest absolute Gasteiger partial charge is 0.507 e. The average Bonchev–Trinajstić information content (AvgIpc) is 2.79. The van der Waals surface area contributed by atoms with E-state index >= 15 is 0 Å². The highest BCUT2D eigenvalue weighted by atomic mass is 16.3. The first-order valence-electron chi connectivity index (χ1n) is 12.1. The van der Waals surface area contributed by atoms with Crippen molar-refractivity contribution < 1.29 is 29.9 Å². The van der Waals surface area contributed by atoms with Crippen LogP contribution in [0.4, 0.5) is 0 Å². The topological polar surface area (TPSA) is 131 Å². The van der Waals surface area contributed by atoms with E-state index in [1.807, 2.05) is 46.8 Å². The molecule has 0 radical (unpaired) electrons. The summed E-state index contributed by atoms with van der Waals surface area (Å²) in [5.74, 6) is -2.07. The monoisotopic (exact) mass is 506 g/mol. The zero-order chi connectivity index (χ0) is 27.4. The predicted octanol–water partition coefficient (Wildman–Crippen LogP) is 6.73. The van der Waals surface area contributed by atoms with Gasteiger partial charge in [-0.3, -0.25) is 4.79 Å². The smallest absolute Gasteiger partial charge is 0.200 e. The summed E-state index contributed by atoms with van der Waals surface area (Å²) in [6.07, 6.45) is 7.85. The zero-order valence-corrected chi connectivity index (χ0v) is 21.8. The maximum absolute atomic E-state index is 13.8. The molecule has 0 unspecified atom stereocenters. The van der Waals surface area contributed by atoms with E-state index in [1.54, 1.807) is 0 Å². The van der Waals surface area contributed by atoms with Crippen molar-refractivity contribution in [3.05, 3.63) is 74.5 Å². The number of benzene rings is 2. The lowest BCUT2D eigenvalue weighted by molar-refractivity contribution is 0.396. The quantitative estimate of drug-likeness (QED) is 0.130. The molecule has 0 aliphatic rings. The normalized spacial score (nSPS) is 11.5. The molecule has 0 saturated carbocycles. The lowest BCUT2D eigenvalue weighted by atomic mass is 9.97. The number of hydrogen-bond donors (Lipinski definition) is 5. The van der Waals surface area contributed by atoms with Crippen molar-refractivity contribution in [2.75, 3.05) is 0 Å². The average molecular weight is 507 g/mol. The molecule has 0 bridgehead atoms. The van der Waals surface area contributed by atoms with Crippen LogP contribution in [0.25, 0.3) is 22.3 Å². The van der Waals surface area contributed by atoms with Crippen LogP contribution in [-0.2, 0) is 12.8 Å². The Morgan fingerprint density at radius 2 is 1.38 bits per heavy atom. The fraction of sp³-hybridized carbons (Fsp3) is 0.300. The SMILES string of the molecule is CC(C)=CCCC(C)=CCc1c(-c2cc(O)c(O)cc2O)oc2cc(O)c(CC=C(C)C)c(O)c2c1=O. The van der Waals surface area contributed by atoms with Crippen molar-refractivity contribution in [1.82, 2.24) is 0 Å². The third kappa shape index (κ3) is 6.17. The molecule has 1 aromatic heterocycles. The van der Waals surface area contributed by atoms with Gasteiger partial charge < -0.3 is 29.9 Å². The second-order valence-corrected chi connectivity index (χ2v) is 9.75. The van der Waals surface area contributed by atoms with Gasteiger partial charge >= 0.3 is 0 Å². The summed E-state index contributed by atoms with van der Waals surface area (Å²) in [6, 6.07) is 3.32. The molecule has 7 heteroatoms. The van der Waals surface area contributed by atoms with E-state index in [1.165, 1.54) is 11.6 Å². The Morgan fingerprint density at radius 3 is 2.03 bits per heavy atom. The molecular weight excluding hydrogens is 472 g/mol. The molecule has 1 heterocycles. The Bertz CT molecular complexity index is 1480. The molecule has 0 fully saturated rings. The third-order valence-electron chi connectivity index (χ3n) is 6.13. The number of phenols is 5. The highest BCUT2D eigenvalue weighted by Gasteiger charge is 2.24. The van der Waals surface area contributed by atoms with E-state index in [0.29, 0.717) is 0 Å². The Morgan fingerprint density at radius 1 is 0.757 bits per heavy atom. The molecule has 7 nitrogen and oxygen atoms in total. The number of aromatic hydroxyl groups is 5. The Kier molecular flexibility index (Phi) is 8.38. The maximum Gasteiger partial charge on any atom is 0.200 e. The number of rotatable bonds is 8.